The van der Waals surface area contributed by atoms with Gasteiger partial charge in [-0.25, -0.2) is 9.97 Å². The number of rotatable bonds is 2. The van der Waals surface area contributed by atoms with Crippen molar-refractivity contribution in [1.29, 1.82) is 0 Å². The summed E-state index contributed by atoms with van der Waals surface area (Å²) in [4.78, 5) is 9.62. The first kappa shape index (κ1) is 11.9. The molecule has 2 heterocycles. The Morgan fingerprint density at radius 3 is 2.40 bits per heavy atom. The fourth-order valence-corrected chi connectivity index (χ4v) is 3.05. The van der Waals surface area contributed by atoms with Gasteiger partial charge in [0.1, 0.15) is 5.52 Å². The highest BCUT2D eigenvalue weighted by Crippen LogP contribution is 2.28. The molecule has 4 aromatic rings. The van der Waals surface area contributed by atoms with E-state index < -0.39 is 0 Å². The molecule has 2 aromatic heterocycles. The quantitative estimate of drug-likeness (QED) is 0.519. The number of aromatic nitrogens is 3. The second kappa shape index (κ2) is 4.56. The average molecular weight is 326 g/mol. The molecule has 0 saturated heterocycles. The minimum Gasteiger partial charge on any atom is -0.323 e. The van der Waals surface area contributed by atoms with Gasteiger partial charge in [-0.1, -0.05) is 46.3 Å². The molecule has 0 saturated carbocycles. The maximum absolute atomic E-state index is 4.81. The van der Waals surface area contributed by atoms with Gasteiger partial charge in [-0.15, -0.1) is 0 Å². The first-order chi connectivity index (χ1) is 9.88. The summed E-state index contributed by atoms with van der Waals surface area (Å²) in [5, 5.41) is 2.07. The molecule has 0 fully saturated rings. The van der Waals surface area contributed by atoms with Crippen LogP contribution in [-0.4, -0.2) is 19.9 Å². The normalized spacial score (nSPS) is 11.7. The van der Waals surface area contributed by atoms with Gasteiger partial charge in [0.2, 0.25) is 0 Å². The van der Waals surface area contributed by atoms with Gasteiger partial charge >= 0.3 is 0 Å². The molecule has 0 aliphatic carbocycles. The van der Waals surface area contributed by atoms with Crippen molar-refractivity contribution in [1.82, 2.24) is 14.5 Å². The highest BCUT2D eigenvalue weighted by molar-refractivity contribution is 9.09. The smallest absolute Gasteiger partial charge is 0.160 e. The number of halogens is 1. The third-order valence-electron chi connectivity index (χ3n) is 3.57. The van der Waals surface area contributed by atoms with Gasteiger partial charge < -0.3 is 4.57 Å². The van der Waals surface area contributed by atoms with Crippen LogP contribution in [0.2, 0.25) is 0 Å². The van der Waals surface area contributed by atoms with Crippen LogP contribution in [0.5, 0.6) is 0 Å². The van der Waals surface area contributed by atoms with Crippen LogP contribution in [-0.2, 0) is 6.54 Å². The highest BCUT2D eigenvalue weighted by atomic mass is 79.9. The first-order valence-corrected chi connectivity index (χ1v) is 7.70. The lowest BCUT2D eigenvalue weighted by atomic mass is 10.2. The van der Waals surface area contributed by atoms with Crippen molar-refractivity contribution in [3.8, 4) is 0 Å². The SMILES string of the molecule is BrCCn1c2ccccc2c2nc3ccccc3nc21. The van der Waals surface area contributed by atoms with Crippen molar-refractivity contribution in [3.63, 3.8) is 0 Å². The molecule has 0 spiro atoms. The summed E-state index contributed by atoms with van der Waals surface area (Å²) in [5.74, 6) is 0. The van der Waals surface area contributed by atoms with Crippen LogP contribution in [0, 0.1) is 0 Å². The zero-order valence-corrected chi connectivity index (χ0v) is 12.3. The van der Waals surface area contributed by atoms with E-state index in [-0.39, 0.29) is 0 Å². The van der Waals surface area contributed by atoms with Gasteiger partial charge in [-0.3, -0.25) is 0 Å². The van der Waals surface area contributed by atoms with Crippen molar-refractivity contribution in [2.45, 2.75) is 6.54 Å². The lowest BCUT2D eigenvalue weighted by Gasteiger charge is -2.03. The van der Waals surface area contributed by atoms with E-state index >= 15 is 0 Å². The molecule has 0 bridgehead atoms. The minimum atomic E-state index is 0.886. The number of hydrogen-bond acceptors (Lipinski definition) is 2. The molecule has 0 N–H and O–H groups in total. The molecule has 98 valence electrons. The molecule has 3 nitrogen and oxygen atoms in total. The predicted octanol–water partition coefficient (Wildman–Crippen LogP) is 4.13. The van der Waals surface area contributed by atoms with E-state index in [1.165, 1.54) is 10.9 Å². The fourth-order valence-electron chi connectivity index (χ4n) is 2.69. The van der Waals surface area contributed by atoms with Crippen LogP contribution in [0.1, 0.15) is 0 Å². The van der Waals surface area contributed by atoms with E-state index in [1.54, 1.807) is 0 Å². The fraction of sp³-hybridized carbons (Fsp3) is 0.125. The van der Waals surface area contributed by atoms with Crippen molar-refractivity contribution >= 4 is 49.0 Å². The standard InChI is InChI=1S/C16H12BrN3/c17-9-10-20-14-8-4-1-5-11(14)15-16(20)19-13-7-3-2-6-12(13)18-15/h1-8H,9-10H2. The molecular formula is C16H12BrN3. The first-order valence-electron chi connectivity index (χ1n) is 6.58. The molecule has 0 aliphatic heterocycles. The molecule has 4 rings (SSSR count). The molecule has 0 radical (unpaired) electrons. The number of para-hydroxylation sites is 3. The third kappa shape index (κ3) is 1.64. The van der Waals surface area contributed by atoms with Crippen LogP contribution in [0.15, 0.2) is 48.5 Å². The van der Waals surface area contributed by atoms with E-state index in [0.29, 0.717) is 0 Å². The topological polar surface area (TPSA) is 30.7 Å². The zero-order valence-electron chi connectivity index (χ0n) is 10.8. The van der Waals surface area contributed by atoms with Gasteiger partial charge in [-0.05, 0) is 18.2 Å². The van der Waals surface area contributed by atoms with Crippen LogP contribution >= 0.6 is 15.9 Å². The van der Waals surface area contributed by atoms with Gasteiger partial charge in [0.25, 0.3) is 0 Å². The summed E-state index contributed by atoms with van der Waals surface area (Å²) in [6.07, 6.45) is 0. The van der Waals surface area contributed by atoms with Crippen molar-refractivity contribution in [2.75, 3.05) is 5.33 Å². The Labute approximate surface area is 124 Å². The van der Waals surface area contributed by atoms with E-state index in [0.717, 1.165) is 34.1 Å². The number of hydrogen-bond donors (Lipinski definition) is 0. The van der Waals surface area contributed by atoms with Gasteiger partial charge in [0.15, 0.2) is 5.65 Å². The summed E-state index contributed by atoms with van der Waals surface area (Å²) in [6.45, 7) is 0.886. The average Bonchev–Trinajstić information content (AvgIpc) is 2.80. The number of benzene rings is 2. The largest absolute Gasteiger partial charge is 0.323 e. The van der Waals surface area contributed by atoms with Crippen LogP contribution in [0.4, 0.5) is 0 Å². The Morgan fingerprint density at radius 2 is 1.60 bits per heavy atom. The minimum absolute atomic E-state index is 0.886. The maximum Gasteiger partial charge on any atom is 0.160 e. The lowest BCUT2D eigenvalue weighted by molar-refractivity contribution is 0.832. The third-order valence-corrected chi connectivity index (χ3v) is 3.92. The monoisotopic (exact) mass is 325 g/mol. The van der Waals surface area contributed by atoms with E-state index in [2.05, 4.69) is 44.8 Å². The molecule has 2 aromatic carbocycles. The second-order valence-corrected chi connectivity index (χ2v) is 5.54. The number of alkyl halides is 1. The predicted molar refractivity (Wildman–Crippen MR) is 86.3 cm³/mol. The Morgan fingerprint density at radius 1 is 0.900 bits per heavy atom. The zero-order chi connectivity index (χ0) is 13.5. The molecule has 20 heavy (non-hydrogen) atoms. The Bertz CT molecular complexity index is 927. The summed E-state index contributed by atoms with van der Waals surface area (Å²) < 4.78 is 2.23. The Hall–Kier alpha value is -1.94. The molecule has 0 aliphatic rings. The molecule has 0 atom stereocenters. The van der Waals surface area contributed by atoms with Crippen molar-refractivity contribution in [2.24, 2.45) is 0 Å². The number of fused-ring (bicyclic) bond motifs is 4. The highest BCUT2D eigenvalue weighted by Gasteiger charge is 2.13. The van der Waals surface area contributed by atoms with Crippen LogP contribution < -0.4 is 0 Å². The van der Waals surface area contributed by atoms with E-state index in [1.807, 2.05) is 24.3 Å². The molecule has 4 heteroatoms. The van der Waals surface area contributed by atoms with Gasteiger partial charge in [0, 0.05) is 17.3 Å². The Balaban J connectivity index is 2.22. The summed E-state index contributed by atoms with van der Waals surface area (Å²) in [7, 11) is 0. The van der Waals surface area contributed by atoms with E-state index in [4.69, 9.17) is 9.97 Å². The summed E-state index contributed by atoms with van der Waals surface area (Å²) >= 11 is 3.52. The maximum atomic E-state index is 4.81. The van der Waals surface area contributed by atoms with Crippen molar-refractivity contribution < 1.29 is 0 Å². The van der Waals surface area contributed by atoms with Gasteiger partial charge in [-0.2, -0.15) is 0 Å². The van der Waals surface area contributed by atoms with Crippen molar-refractivity contribution in [3.05, 3.63) is 48.5 Å². The van der Waals surface area contributed by atoms with Crippen LogP contribution in [0.3, 0.4) is 0 Å². The summed E-state index contributed by atoms with van der Waals surface area (Å²) in [5.41, 5.74) is 5.03. The van der Waals surface area contributed by atoms with Gasteiger partial charge in [0.05, 0.1) is 16.6 Å². The Kier molecular flexibility index (Phi) is 2.70. The number of nitrogens with zero attached hydrogens (tertiary/aromatic N) is 3. The number of aryl methyl sites for hydroxylation is 1. The molecule has 0 unspecified atom stereocenters. The lowest BCUT2D eigenvalue weighted by Crippen LogP contribution is -2.00. The van der Waals surface area contributed by atoms with E-state index in [9.17, 15) is 0 Å². The molecular weight excluding hydrogens is 314 g/mol. The second-order valence-electron chi connectivity index (χ2n) is 4.74. The van der Waals surface area contributed by atoms with Crippen LogP contribution in [0.25, 0.3) is 33.1 Å². The molecule has 0 amide bonds. The summed E-state index contributed by atoms with van der Waals surface area (Å²) in [6, 6.07) is 16.4.